The fourth-order valence-corrected chi connectivity index (χ4v) is 5.40. The van der Waals surface area contributed by atoms with Gasteiger partial charge in [-0.3, -0.25) is 4.79 Å². The Morgan fingerprint density at radius 1 is 1.44 bits per heavy atom. The maximum absolute atomic E-state index is 12.8. The lowest BCUT2D eigenvalue weighted by molar-refractivity contribution is -0.185. The molecule has 2 heterocycles. The van der Waals surface area contributed by atoms with Crippen molar-refractivity contribution in [2.24, 2.45) is 0 Å². The quantitative estimate of drug-likeness (QED) is 0.778. The number of halogens is 1. The van der Waals surface area contributed by atoms with E-state index in [1.54, 1.807) is 6.07 Å². The highest BCUT2D eigenvalue weighted by Gasteiger charge is 2.72. The Morgan fingerprint density at radius 3 is 3.04 bits per heavy atom. The number of aliphatic hydroxyl groups is 1. The van der Waals surface area contributed by atoms with Crippen LogP contribution in [0.2, 0.25) is 0 Å². The number of methoxy groups -OCH3 is 1. The van der Waals surface area contributed by atoms with Crippen molar-refractivity contribution in [3.8, 4) is 11.5 Å². The summed E-state index contributed by atoms with van der Waals surface area (Å²) in [5, 5.41) is 11.9. The molecule has 1 saturated carbocycles. The third kappa shape index (κ3) is 1.83. The van der Waals surface area contributed by atoms with Crippen molar-refractivity contribution in [1.82, 2.24) is 4.90 Å². The summed E-state index contributed by atoms with van der Waals surface area (Å²) in [5.41, 5.74) is -1.18. The number of piperidine rings is 1. The lowest BCUT2D eigenvalue weighted by Gasteiger charge is -2.62. The van der Waals surface area contributed by atoms with Crippen molar-refractivity contribution in [2.75, 3.05) is 20.6 Å². The predicted octanol–water partition coefficient (Wildman–Crippen LogP) is 0.645. The van der Waals surface area contributed by atoms with Gasteiger partial charge < -0.3 is 25.0 Å². The molecule has 2 aliphatic heterocycles. The number of nitrogens with zero attached hydrogens (tertiary/aromatic N) is 1. The van der Waals surface area contributed by atoms with Crippen LogP contribution < -0.4 is 9.47 Å². The first-order chi connectivity index (χ1) is 13.4. The molecule has 1 spiro atoms. The van der Waals surface area contributed by atoms with Gasteiger partial charge in [-0.15, -0.1) is 12.4 Å². The van der Waals surface area contributed by atoms with Crippen LogP contribution in [0.25, 0.3) is 0 Å². The smallest absolute Gasteiger partial charge is 0.174 e. The van der Waals surface area contributed by atoms with Gasteiger partial charge in [0.05, 0.1) is 22.2 Å². The first-order valence-electron chi connectivity index (χ1n) is 10.9. The second-order valence-corrected chi connectivity index (χ2v) is 7.05. The molecule has 4 atom stereocenters. The van der Waals surface area contributed by atoms with E-state index in [-0.39, 0.29) is 67.4 Å². The maximum atomic E-state index is 12.8. The number of Topliss-reactive ketones (excluding diaryl/α,β-unsaturated/α-hetero) is 1. The van der Waals surface area contributed by atoms with Crippen LogP contribution in [0, 0.1) is 0 Å². The molecular formula is C18H24ClNO5. The van der Waals surface area contributed by atoms with Crippen molar-refractivity contribution in [1.29, 1.82) is 0 Å². The maximum Gasteiger partial charge on any atom is 0.174 e. The number of benzene rings is 1. The fourth-order valence-electron chi connectivity index (χ4n) is 5.40. The summed E-state index contributed by atoms with van der Waals surface area (Å²) >= 11 is 0. The van der Waals surface area contributed by atoms with Crippen LogP contribution in [0.3, 0.4) is 0 Å². The molecular weight excluding hydrogens is 346 g/mol. The van der Waals surface area contributed by atoms with E-state index in [9.17, 15) is 9.90 Å². The van der Waals surface area contributed by atoms with Gasteiger partial charge in [0.1, 0.15) is 0 Å². The van der Waals surface area contributed by atoms with Gasteiger partial charge in [-0.2, -0.15) is 0 Å². The van der Waals surface area contributed by atoms with E-state index in [2.05, 4.69) is 0 Å². The summed E-state index contributed by atoms with van der Waals surface area (Å²) in [6, 6.07) is 2.50. The first-order valence-corrected chi connectivity index (χ1v) is 7.92. The van der Waals surface area contributed by atoms with Crippen LogP contribution in [0.15, 0.2) is 12.1 Å². The molecule has 0 amide bonds. The second kappa shape index (κ2) is 5.58. The van der Waals surface area contributed by atoms with Gasteiger partial charge in [0, 0.05) is 22.1 Å². The van der Waals surface area contributed by atoms with Crippen LogP contribution in [0.4, 0.5) is 0 Å². The van der Waals surface area contributed by atoms with E-state index in [0.29, 0.717) is 5.56 Å². The molecule has 1 aromatic carbocycles. The molecule has 6 nitrogen and oxygen atoms in total. The van der Waals surface area contributed by atoms with Gasteiger partial charge in [-0.1, -0.05) is 6.07 Å². The van der Waals surface area contributed by atoms with Crippen molar-refractivity contribution < 1.29 is 33.1 Å². The molecule has 2 aliphatic carbocycles. The summed E-state index contributed by atoms with van der Waals surface area (Å²) in [7, 11) is -2.69. The number of likely N-dealkylation sites (tertiary alicyclic amines) is 1. The highest BCUT2D eigenvalue weighted by Crippen LogP contribution is 2.64. The third-order valence-electron chi connectivity index (χ3n) is 6.35. The molecule has 2 fully saturated rings. The topological polar surface area (TPSA) is 90.5 Å². The van der Waals surface area contributed by atoms with E-state index in [0.717, 1.165) is 5.56 Å². The van der Waals surface area contributed by atoms with Crippen LogP contribution >= 0.6 is 12.4 Å². The Labute approximate surface area is 161 Å². The summed E-state index contributed by atoms with van der Waals surface area (Å²) < 4.78 is 57.2. The Balaban J connectivity index is 0.00000136. The number of hydrogen-bond acceptors (Lipinski definition) is 5. The molecule has 5 rings (SSSR count). The van der Waals surface area contributed by atoms with Gasteiger partial charge in [-0.05, 0) is 44.4 Å². The minimum absolute atomic E-state index is 0. The molecule has 7 heteroatoms. The van der Waals surface area contributed by atoms with Crippen LogP contribution in [-0.4, -0.2) is 59.6 Å². The highest BCUT2D eigenvalue weighted by atomic mass is 35.5. The number of ether oxygens (including phenoxy) is 2. The molecule has 25 heavy (non-hydrogen) atoms. The monoisotopic (exact) mass is 375 g/mol. The number of ketones is 1. The van der Waals surface area contributed by atoms with E-state index in [4.69, 9.17) is 17.7 Å². The SMILES string of the molecule is Cl.O.[2H]C([2H])([2H])Oc1ccc2c3c1O[C@H]1C(=O)CC[C@@]4(O)[C@@H](C2)N(C([2H])([2H])[2H])CC[C@]314. The van der Waals surface area contributed by atoms with E-state index in [1.165, 1.54) is 11.0 Å². The Morgan fingerprint density at radius 2 is 2.28 bits per heavy atom. The molecule has 138 valence electrons. The Bertz CT molecular complexity index is 924. The van der Waals surface area contributed by atoms with Crippen LogP contribution in [0.1, 0.15) is 38.6 Å². The Kier molecular flexibility index (Phi) is 2.70. The normalized spacial score (nSPS) is 41.9. The summed E-state index contributed by atoms with van der Waals surface area (Å²) in [6.45, 7) is -2.19. The molecule has 0 aromatic heterocycles. The molecule has 2 bridgehead atoms. The molecule has 0 unspecified atom stereocenters. The lowest BCUT2D eigenvalue weighted by Crippen LogP contribution is -2.76. The number of likely N-dealkylation sites (N-methyl/N-ethyl adjacent to an activating group) is 1. The zero-order chi connectivity index (χ0) is 21.0. The van der Waals surface area contributed by atoms with Crippen molar-refractivity contribution >= 4 is 18.2 Å². The fraction of sp³-hybridized carbons (Fsp3) is 0.611. The standard InChI is InChI=1S/C18H21NO4.ClH.H2O/c1-19-8-7-17-14-10-3-4-12(22-2)15(14)23-16(17)11(20)5-6-18(17,21)13(19)9-10;;/h3-4,13,16,21H,5-9H2,1-2H3;1H;1H2/t13-,16+,17+,18-;;/m1../s1/i1D3,2D3;;. The predicted molar refractivity (Wildman–Crippen MR) is 93.9 cm³/mol. The average Bonchev–Trinajstić information content (AvgIpc) is 2.92. The van der Waals surface area contributed by atoms with Gasteiger partial charge in [0.2, 0.25) is 0 Å². The van der Waals surface area contributed by atoms with E-state index >= 15 is 0 Å². The molecule has 4 aliphatic rings. The number of hydrogen-bond donors (Lipinski definition) is 1. The largest absolute Gasteiger partial charge is 0.493 e. The highest BCUT2D eigenvalue weighted by molar-refractivity contribution is 5.90. The minimum atomic E-state index is -2.69. The molecule has 0 radical (unpaired) electrons. The van der Waals surface area contributed by atoms with Crippen molar-refractivity contribution in [3.05, 3.63) is 23.3 Å². The Hall–Kier alpha value is -1.34. The van der Waals surface area contributed by atoms with Crippen LogP contribution in [-0.2, 0) is 16.6 Å². The van der Waals surface area contributed by atoms with Gasteiger partial charge in [-0.25, -0.2) is 0 Å². The van der Waals surface area contributed by atoms with Crippen LogP contribution in [0.5, 0.6) is 11.5 Å². The number of rotatable bonds is 1. The van der Waals surface area contributed by atoms with Crippen molar-refractivity contribution in [2.45, 2.75) is 48.8 Å². The van der Waals surface area contributed by atoms with E-state index in [1.807, 2.05) is 0 Å². The summed E-state index contributed by atoms with van der Waals surface area (Å²) in [4.78, 5) is 14.2. The summed E-state index contributed by atoms with van der Waals surface area (Å²) in [6.07, 6.45) is -0.249. The first kappa shape index (κ1) is 12.1. The molecule has 1 aromatic rings. The van der Waals surface area contributed by atoms with Gasteiger partial charge >= 0.3 is 0 Å². The summed E-state index contributed by atoms with van der Waals surface area (Å²) in [5.74, 6) is 0.0390. The van der Waals surface area contributed by atoms with E-state index < -0.39 is 37.2 Å². The number of carbonyl (C=O) groups is 1. The average molecular weight is 376 g/mol. The zero-order valence-corrected chi connectivity index (χ0v) is 14.2. The molecule has 3 N–H and O–H groups in total. The lowest BCUT2D eigenvalue weighted by atomic mass is 9.49. The molecule has 1 saturated heterocycles. The minimum Gasteiger partial charge on any atom is -0.493 e. The van der Waals surface area contributed by atoms with Crippen molar-refractivity contribution in [3.63, 3.8) is 0 Å². The second-order valence-electron chi connectivity index (χ2n) is 7.05. The van der Waals surface area contributed by atoms with Gasteiger partial charge in [0.15, 0.2) is 23.4 Å². The third-order valence-corrected chi connectivity index (χ3v) is 6.35. The number of carbonyl (C=O) groups excluding carboxylic acids is 1. The zero-order valence-electron chi connectivity index (χ0n) is 19.4. The van der Waals surface area contributed by atoms with Gasteiger partial charge in [0.25, 0.3) is 0 Å².